The molecule has 0 unspecified atom stereocenters. The van der Waals surface area contributed by atoms with E-state index in [1.165, 1.54) is 0 Å². The van der Waals surface area contributed by atoms with Crippen LogP contribution in [0.15, 0.2) is 54.7 Å². The summed E-state index contributed by atoms with van der Waals surface area (Å²) in [6.45, 7) is 1.86. The van der Waals surface area contributed by atoms with Crippen LogP contribution >= 0.6 is 0 Å². The van der Waals surface area contributed by atoms with Gasteiger partial charge in [0.2, 0.25) is 0 Å². The van der Waals surface area contributed by atoms with Crippen molar-refractivity contribution in [3.8, 4) is 11.5 Å². The smallest absolute Gasteiger partial charge is 0.262 e. The van der Waals surface area contributed by atoms with Crippen LogP contribution in [-0.4, -0.2) is 24.6 Å². The van der Waals surface area contributed by atoms with Gasteiger partial charge in [0.15, 0.2) is 18.1 Å². The molecule has 0 saturated heterocycles. The molecule has 5 heteroatoms. The van der Waals surface area contributed by atoms with Crippen molar-refractivity contribution < 1.29 is 14.3 Å². The first-order valence-corrected chi connectivity index (χ1v) is 7.58. The average Bonchev–Trinajstić information content (AvgIpc) is 2.61. The van der Waals surface area contributed by atoms with Crippen molar-refractivity contribution in [3.63, 3.8) is 0 Å². The molecule has 3 rings (SSSR count). The number of methoxy groups -OCH3 is 1. The zero-order chi connectivity index (χ0) is 16.9. The van der Waals surface area contributed by atoms with E-state index in [1.54, 1.807) is 19.4 Å². The molecule has 122 valence electrons. The van der Waals surface area contributed by atoms with Crippen LogP contribution in [0.4, 0.5) is 5.69 Å². The monoisotopic (exact) mass is 322 g/mol. The number of aryl methyl sites for hydroxylation is 1. The van der Waals surface area contributed by atoms with Gasteiger partial charge in [-0.25, -0.2) is 0 Å². The summed E-state index contributed by atoms with van der Waals surface area (Å²) in [6.07, 6.45) is 1.70. The topological polar surface area (TPSA) is 60.5 Å². The molecule has 0 spiro atoms. The largest absolute Gasteiger partial charge is 0.493 e. The van der Waals surface area contributed by atoms with Gasteiger partial charge >= 0.3 is 0 Å². The fourth-order valence-electron chi connectivity index (χ4n) is 2.43. The number of para-hydroxylation sites is 1. The maximum Gasteiger partial charge on any atom is 0.262 e. The van der Waals surface area contributed by atoms with Crippen LogP contribution in [0.1, 0.15) is 5.56 Å². The number of rotatable bonds is 5. The van der Waals surface area contributed by atoms with Gasteiger partial charge in [-0.3, -0.25) is 9.78 Å². The lowest BCUT2D eigenvalue weighted by atomic mass is 10.2. The molecule has 1 amide bonds. The van der Waals surface area contributed by atoms with Crippen LogP contribution in [0, 0.1) is 6.92 Å². The first-order chi connectivity index (χ1) is 11.7. The molecule has 0 radical (unpaired) electrons. The molecule has 3 aromatic rings. The summed E-state index contributed by atoms with van der Waals surface area (Å²) < 4.78 is 10.8. The Morgan fingerprint density at radius 1 is 1.12 bits per heavy atom. The molecular formula is C19H18N2O3. The highest BCUT2D eigenvalue weighted by molar-refractivity contribution is 6.00. The van der Waals surface area contributed by atoms with Crippen molar-refractivity contribution in [2.75, 3.05) is 19.0 Å². The highest BCUT2D eigenvalue weighted by atomic mass is 16.5. The minimum absolute atomic E-state index is 0.108. The number of nitrogens with one attached hydrogen (secondary N) is 1. The molecule has 1 aromatic heterocycles. The summed E-state index contributed by atoms with van der Waals surface area (Å²) in [4.78, 5) is 16.5. The Morgan fingerprint density at radius 3 is 2.79 bits per heavy atom. The maximum absolute atomic E-state index is 12.2. The molecule has 1 N–H and O–H groups in total. The Hall–Kier alpha value is -3.08. The van der Waals surface area contributed by atoms with E-state index in [1.807, 2.05) is 49.4 Å². The predicted molar refractivity (Wildman–Crippen MR) is 93.6 cm³/mol. The Balaban J connectivity index is 1.70. The number of nitrogens with zero attached hydrogens (tertiary/aromatic N) is 1. The van der Waals surface area contributed by atoms with E-state index in [9.17, 15) is 4.79 Å². The number of anilines is 1. The molecule has 0 aliphatic carbocycles. The van der Waals surface area contributed by atoms with Crippen LogP contribution in [0.3, 0.4) is 0 Å². The Labute approximate surface area is 140 Å². The second-order valence-electron chi connectivity index (χ2n) is 5.37. The quantitative estimate of drug-likeness (QED) is 0.780. The van der Waals surface area contributed by atoms with E-state index in [4.69, 9.17) is 9.47 Å². The van der Waals surface area contributed by atoms with Crippen molar-refractivity contribution >= 4 is 22.5 Å². The van der Waals surface area contributed by atoms with E-state index in [0.717, 1.165) is 16.5 Å². The Bertz CT molecular complexity index is 872. The van der Waals surface area contributed by atoms with E-state index >= 15 is 0 Å². The number of amides is 1. The van der Waals surface area contributed by atoms with Crippen molar-refractivity contribution in [1.82, 2.24) is 4.98 Å². The molecule has 0 fully saturated rings. The number of fused-ring (bicyclic) bond motifs is 1. The summed E-state index contributed by atoms with van der Waals surface area (Å²) in [7, 11) is 1.57. The average molecular weight is 322 g/mol. The van der Waals surface area contributed by atoms with Crippen molar-refractivity contribution in [2.45, 2.75) is 6.92 Å². The van der Waals surface area contributed by atoms with Gasteiger partial charge in [0.1, 0.15) is 0 Å². The molecule has 0 saturated carbocycles. The summed E-state index contributed by atoms with van der Waals surface area (Å²) in [5.41, 5.74) is 2.48. The van der Waals surface area contributed by atoms with Crippen LogP contribution < -0.4 is 14.8 Å². The number of carbonyl (C=O) groups is 1. The molecule has 0 bridgehead atoms. The standard InChI is InChI=1S/C19H18N2O3/c1-13-8-9-16(17(11-13)23-2)24-12-18(22)21-15-7-3-5-14-6-4-10-20-19(14)15/h3-11H,12H2,1-2H3,(H,21,22). The molecular weight excluding hydrogens is 304 g/mol. The highest BCUT2D eigenvalue weighted by Crippen LogP contribution is 2.27. The number of benzene rings is 2. The molecule has 24 heavy (non-hydrogen) atoms. The van der Waals surface area contributed by atoms with Gasteiger partial charge in [0, 0.05) is 11.6 Å². The molecule has 5 nitrogen and oxygen atoms in total. The lowest BCUT2D eigenvalue weighted by Crippen LogP contribution is -2.20. The number of carbonyl (C=O) groups excluding carboxylic acids is 1. The van der Waals surface area contributed by atoms with Crippen molar-refractivity contribution in [1.29, 1.82) is 0 Å². The van der Waals surface area contributed by atoms with Gasteiger partial charge in [0.05, 0.1) is 18.3 Å². The summed E-state index contributed by atoms with van der Waals surface area (Å²) >= 11 is 0. The fourth-order valence-corrected chi connectivity index (χ4v) is 2.43. The van der Waals surface area contributed by atoms with E-state index in [2.05, 4.69) is 10.3 Å². The van der Waals surface area contributed by atoms with Gasteiger partial charge in [-0.05, 0) is 36.8 Å². The van der Waals surface area contributed by atoms with Gasteiger partial charge in [-0.1, -0.05) is 24.3 Å². The van der Waals surface area contributed by atoms with Crippen molar-refractivity contribution in [2.24, 2.45) is 0 Å². The van der Waals surface area contributed by atoms with Crippen molar-refractivity contribution in [3.05, 3.63) is 60.3 Å². The lowest BCUT2D eigenvalue weighted by Gasteiger charge is -2.12. The number of hydrogen-bond donors (Lipinski definition) is 1. The van der Waals surface area contributed by atoms with Gasteiger partial charge in [-0.15, -0.1) is 0 Å². The number of hydrogen-bond acceptors (Lipinski definition) is 4. The van der Waals surface area contributed by atoms with Gasteiger partial charge < -0.3 is 14.8 Å². The molecule has 0 aliphatic heterocycles. The maximum atomic E-state index is 12.2. The molecule has 0 atom stereocenters. The lowest BCUT2D eigenvalue weighted by molar-refractivity contribution is -0.118. The predicted octanol–water partition coefficient (Wildman–Crippen LogP) is 3.57. The van der Waals surface area contributed by atoms with E-state index in [0.29, 0.717) is 17.2 Å². The van der Waals surface area contributed by atoms with Gasteiger partial charge in [-0.2, -0.15) is 0 Å². The normalized spacial score (nSPS) is 10.4. The second kappa shape index (κ2) is 7.00. The zero-order valence-corrected chi connectivity index (χ0v) is 13.6. The molecule has 1 heterocycles. The first kappa shape index (κ1) is 15.8. The summed E-state index contributed by atoms with van der Waals surface area (Å²) in [5.74, 6) is 0.889. The minimum atomic E-state index is -0.254. The van der Waals surface area contributed by atoms with Gasteiger partial charge in [0.25, 0.3) is 5.91 Å². The number of pyridine rings is 1. The Morgan fingerprint density at radius 2 is 1.96 bits per heavy atom. The SMILES string of the molecule is COc1cc(C)ccc1OCC(=O)Nc1cccc2cccnc12. The summed E-state index contributed by atoms with van der Waals surface area (Å²) in [5, 5.41) is 3.81. The second-order valence-corrected chi connectivity index (χ2v) is 5.37. The third-order valence-electron chi connectivity index (χ3n) is 3.58. The molecule has 2 aromatic carbocycles. The van der Waals surface area contributed by atoms with Crippen LogP contribution in [0.25, 0.3) is 10.9 Å². The van der Waals surface area contributed by atoms with Crippen LogP contribution in [0.2, 0.25) is 0 Å². The first-order valence-electron chi connectivity index (χ1n) is 7.58. The summed E-state index contributed by atoms with van der Waals surface area (Å²) in [6, 6.07) is 15.0. The van der Waals surface area contributed by atoms with E-state index < -0.39 is 0 Å². The minimum Gasteiger partial charge on any atom is -0.493 e. The number of aromatic nitrogens is 1. The highest BCUT2D eigenvalue weighted by Gasteiger charge is 2.10. The zero-order valence-electron chi connectivity index (χ0n) is 13.6. The van der Waals surface area contributed by atoms with E-state index in [-0.39, 0.29) is 12.5 Å². The third-order valence-corrected chi connectivity index (χ3v) is 3.58. The third kappa shape index (κ3) is 3.46. The van der Waals surface area contributed by atoms with Crippen LogP contribution in [0.5, 0.6) is 11.5 Å². The Kier molecular flexibility index (Phi) is 4.61. The molecule has 0 aliphatic rings. The van der Waals surface area contributed by atoms with Crippen LogP contribution in [-0.2, 0) is 4.79 Å². The fraction of sp³-hybridized carbons (Fsp3) is 0.158. The number of ether oxygens (including phenoxy) is 2.